The highest BCUT2D eigenvalue weighted by Crippen LogP contribution is 2.09. The van der Waals surface area contributed by atoms with Gasteiger partial charge in [-0.25, -0.2) is 0 Å². The monoisotopic (exact) mass is 178 g/mol. The standard InChI is InChI=1S/C8H6N2O.CH4O/c11-5-6-4-8-7(10-6)2-1-3-9-8;1-2/h1-5,10H;2H,1H3. The van der Waals surface area contributed by atoms with Crippen LogP contribution in [0.3, 0.4) is 0 Å². The second kappa shape index (κ2) is 4.37. The van der Waals surface area contributed by atoms with Gasteiger partial charge in [0.25, 0.3) is 0 Å². The Balaban J connectivity index is 0.000000396. The maximum Gasteiger partial charge on any atom is 0.166 e. The third kappa shape index (κ3) is 1.91. The molecule has 0 radical (unpaired) electrons. The van der Waals surface area contributed by atoms with E-state index in [2.05, 4.69) is 9.97 Å². The van der Waals surface area contributed by atoms with Crippen LogP contribution in [0, 0.1) is 0 Å². The van der Waals surface area contributed by atoms with Crippen molar-refractivity contribution >= 4 is 17.3 Å². The van der Waals surface area contributed by atoms with Crippen LogP contribution in [-0.2, 0) is 0 Å². The van der Waals surface area contributed by atoms with Crippen LogP contribution in [0.15, 0.2) is 24.4 Å². The number of hydrogen-bond acceptors (Lipinski definition) is 3. The number of aliphatic hydroxyl groups is 1. The minimum absolute atomic E-state index is 0.568. The Morgan fingerprint density at radius 2 is 2.31 bits per heavy atom. The number of carbonyl (C=O) groups is 1. The molecule has 0 unspecified atom stereocenters. The molecule has 4 nitrogen and oxygen atoms in total. The normalized spacial score (nSPS) is 9.08. The van der Waals surface area contributed by atoms with Crippen LogP contribution in [0.25, 0.3) is 11.0 Å². The number of hydrogen-bond donors (Lipinski definition) is 2. The van der Waals surface area contributed by atoms with Crippen LogP contribution in [0.1, 0.15) is 10.5 Å². The quantitative estimate of drug-likeness (QED) is 0.640. The Kier molecular flexibility index (Phi) is 3.16. The van der Waals surface area contributed by atoms with E-state index in [1.807, 2.05) is 12.1 Å². The summed E-state index contributed by atoms with van der Waals surface area (Å²) in [5.41, 5.74) is 2.29. The summed E-state index contributed by atoms with van der Waals surface area (Å²) in [5, 5.41) is 7.00. The van der Waals surface area contributed by atoms with Gasteiger partial charge in [-0.3, -0.25) is 9.78 Å². The Morgan fingerprint density at radius 3 is 2.92 bits per heavy atom. The van der Waals surface area contributed by atoms with Crippen molar-refractivity contribution in [2.45, 2.75) is 0 Å². The van der Waals surface area contributed by atoms with Crippen LogP contribution in [0.5, 0.6) is 0 Å². The van der Waals surface area contributed by atoms with Crippen LogP contribution in [0.4, 0.5) is 0 Å². The average molecular weight is 178 g/mol. The van der Waals surface area contributed by atoms with Gasteiger partial charge in [0.2, 0.25) is 0 Å². The molecule has 0 aromatic carbocycles. The van der Waals surface area contributed by atoms with Crippen LogP contribution < -0.4 is 0 Å². The van der Waals surface area contributed by atoms with Crippen molar-refractivity contribution in [2.24, 2.45) is 0 Å². The van der Waals surface area contributed by atoms with E-state index in [0.29, 0.717) is 5.69 Å². The van der Waals surface area contributed by atoms with Crippen LogP contribution >= 0.6 is 0 Å². The predicted molar refractivity (Wildman–Crippen MR) is 49.6 cm³/mol. The third-order valence-corrected chi connectivity index (χ3v) is 1.54. The van der Waals surface area contributed by atoms with Crippen molar-refractivity contribution in [3.8, 4) is 0 Å². The van der Waals surface area contributed by atoms with Gasteiger partial charge in [0.05, 0.1) is 16.7 Å². The molecule has 2 heterocycles. The van der Waals surface area contributed by atoms with E-state index >= 15 is 0 Å². The lowest BCUT2D eigenvalue weighted by Gasteiger charge is -1.82. The highest BCUT2D eigenvalue weighted by atomic mass is 16.2. The van der Waals surface area contributed by atoms with Crippen molar-refractivity contribution < 1.29 is 9.90 Å². The summed E-state index contributed by atoms with van der Waals surface area (Å²) in [4.78, 5) is 17.3. The van der Waals surface area contributed by atoms with Gasteiger partial charge < -0.3 is 10.1 Å². The molecular weight excluding hydrogens is 168 g/mol. The third-order valence-electron chi connectivity index (χ3n) is 1.54. The first kappa shape index (κ1) is 9.41. The number of aromatic amines is 1. The molecule has 0 bridgehead atoms. The Morgan fingerprint density at radius 1 is 1.54 bits per heavy atom. The molecule has 0 spiro atoms. The molecule has 68 valence electrons. The second-order valence-electron chi connectivity index (χ2n) is 2.28. The number of H-pyrrole nitrogens is 1. The number of rotatable bonds is 1. The first-order valence-corrected chi connectivity index (χ1v) is 3.74. The number of fused-ring (bicyclic) bond motifs is 1. The van der Waals surface area contributed by atoms with E-state index in [1.54, 1.807) is 12.3 Å². The minimum atomic E-state index is 0.568. The number of carbonyl (C=O) groups excluding carboxylic acids is 1. The highest BCUT2D eigenvalue weighted by molar-refractivity contribution is 5.84. The summed E-state index contributed by atoms with van der Waals surface area (Å²) in [7, 11) is 1.00. The highest BCUT2D eigenvalue weighted by Gasteiger charge is 1.97. The Bertz CT molecular complexity index is 362. The summed E-state index contributed by atoms with van der Waals surface area (Å²) in [5.74, 6) is 0. The van der Waals surface area contributed by atoms with E-state index in [1.165, 1.54) is 0 Å². The number of nitrogens with one attached hydrogen (secondary N) is 1. The maximum absolute atomic E-state index is 10.3. The molecule has 0 aliphatic carbocycles. The average Bonchev–Trinajstić information content (AvgIpc) is 2.63. The van der Waals surface area contributed by atoms with Crippen molar-refractivity contribution in [1.82, 2.24) is 9.97 Å². The smallest absolute Gasteiger partial charge is 0.166 e. The molecule has 0 fully saturated rings. The summed E-state index contributed by atoms with van der Waals surface area (Å²) in [6, 6.07) is 5.44. The number of pyridine rings is 1. The lowest BCUT2D eigenvalue weighted by molar-refractivity contribution is 0.112. The number of aldehydes is 1. The fraction of sp³-hybridized carbons (Fsp3) is 0.111. The van der Waals surface area contributed by atoms with Gasteiger partial charge in [0.1, 0.15) is 0 Å². The Labute approximate surface area is 75.2 Å². The van der Waals surface area contributed by atoms with E-state index in [9.17, 15) is 4.79 Å². The number of aliphatic hydroxyl groups excluding tert-OH is 1. The Hall–Kier alpha value is -1.68. The molecule has 2 aromatic rings. The molecule has 4 heteroatoms. The van der Waals surface area contributed by atoms with Gasteiger partial charge in [-0.15, -0.1) is 0 Å². The zero-order chi connectivity index (χ0) is 9.68. The summed E-state index contributed by atoms with van der Waals surface area (Å²) >= 11 is 0. The molecule has 0 saturated carbocycles. The second-order valence-corrected chi connectivity index (χ2v) is 2.28. The maximum atomic E-state index is 10.3. The largest absolute Gasteiger partial charge is 0.400 e. The van der Waals surface area contributed by atoms with Gasteiger partial charge in [0.15, 0.2) is 6.29 Å². The fourth-order valence-electron chi connectivity index (χ4n) is 1.04. The molecule has 2 aromatic heterocycles. The fourth-order valence-corrected chi connectivity index (χ4v) is 1.04. The summed E-state index contributed by atoms with van der Waals surface area (Å²) in [6.45, 7) is 0. The van der Waals surface area contributed by atoms with Gasteiger partial charge in [-0.05, 0) is 18.2 Å². The molecule has 13 heavy (non-hydrogen) atoms. The van der Waals surface area contributed by atoms with E-state index in [0.717, 1.165) is 24.4 Å². The van der Waals surface area contributed by atoms with Crippen molar-refractivity contribution in [1.29, 1.82) is 0 Å². The molecule has 0 saturated heterocycles. The molecule has 2 N–H and O–H groups in total. The van der Waals surface area contributed by atoms with E-state index in [4.69, 9.17) is 5.11 Å². The van der Waals surface area contributed by atoms with E-state index < -0.39 is 0 Å². The number of aromatic nitrogens is 2. The topological polar surface area (TPSA) is 66.0 Å². The number of nitrogens with zero attached hydrogens (tertiary/aromatic N) is 1. The predicted octanol–water partition coefficient (Wildman–Crippen LogP) is 0.984. The zero-order valence-corrected chi connectivity index (χ0v) is 7.19. The van der Waals surface area contributed by atoms with Gasteiger partial charge in [-0.1, -0.05) is 0 Å². The van der Waals surface area contributed by atoms with Crippen molar-refractivity contribution in [2.75, 3.05) is 7.11 Å². The molecule has 0 amide bonds. The summed E-state index contributed by atoms with van der Waals surface area (Å²) < 4.78 is 0. The van der Waals surface area contributed by atoms with E-state index in [-0.39, 0.29) is 0 Å². The van der Waals surface area contributed by atoms with Gasteiger partial charge in [0, 0.05) is 13.3 Å². The van der Waals surface area contributed by atoms with Crippen LogP contribution in [0.2, 0.25) is 0 Å². The SMILES string of the molecule is CO.O=Cc1cc2ncccc2[nH]1. The van der Waals surface area contributed by atoms with Gasteiger partial charge >= 0.3 is 0 Å². The zero-order valence-electron chi connectivity index (χ0n) is 7.19. The first-order valence-electron chi connectivity index (χ1n) is 3.74. The lowest BCUT2D eigenvalue weighted by Crippen LogP contribution is -1.74. The lowest BCUT2D eigenvalue weighted by atomic mass is 10.4. The van der Waals surface area contributed by atoms with Crippen molar-refractivity contribution in [3.05, 3.63) is 30.1 Å². The van der Waals surface area contributed by atoms with Crippen LogP contribution in [-0.4, -0.2) is 28.5 Å². The molecule has 0 atom stereocenters. The molecule has 2 rings (SSSR count). The van der Waals surface area contributed by atoms with Gasteiger partial charge in [-0.2, -0.15) is 0 Å². The molecule has 0 aliphatic rings. The first-order chi connectivity index (χ1) is 6.40. The summed E-state index contributed by atoms with van der Waals surface area (Å²) in [6.07, 6.45) is 2.48. The van der Waals surface area contributed by atoms with Crippen molar-refractivity contribution in [3.63, 3.8) is 0 Å². The molecular formula is C9H10N2O2. The molecule has 0 aliphatic heterocycles. The minimum Gasteiger partial charge on any atom is -0.400 e.